The fourth-order valence-corrected chi connectivity index (χ4v) is 11.8. The Bertz CT molecular complexity index is 1170. The molecule has 4 atom stereocenters. The van der Waals surface area contributed by atoms with Crippen LogP contribution in [0.25, 0.3) is 0 Å². The van der Waals surface area contributed by atoms with Gasteiger partial charge in [-0.25, -0.2) is 0 Å². The smallest absolute Gasteiger partial charge is 0.201 e. The van der Waals surface area contributed by atoms with Crippen molar-refractivity contribution in [3.63, 3.8) is 0 Å². The number of hydrogen-bond acceptors (Lipinski definition) is 4. The van der Waals surface area contributed by atoms with E-state index < -0.39 is 32.7 Å². The lowest BCUT2D eigenvalue weighted by Gasteiger charge is -2.46. The third-order valence-corrected chi connectivity index (χ3v) is 14.4. The van der Waals surface area contributed by atoms with Gasteiger partial charge in [-0.05, 0) is 33.3 Å². The molecule has 232 valence electrons. The van der Waals surface area contributed by atoms with Crippen LogP contribution in [0.5, 0.6) is 0 Å². The molecular weight excluding hydrogens is 549 g/mol. The molecule has 43 heavy (non-hydrogen) atoms. The fourth-order valence-electron chi connectivity index (χ4n) is 6.24. The lowest BCUT2D eigenvalue weighted by atomic mass is 10.0. The third-order valence-electron chi connectivity index (χ3n) is 8.34. The molecule has 3 aromatic carbocycles. The molecule has 5 heteroatoms. The van der Waals surface area contributed by atoms with Gasteiger partial charge in [0.15, 0.2) is 0 Å². The second-order valence-electron chi connectivity index (χ2n) is 12.2. The van der Waals surface area contributed by atoms with Gasteiger partial charge < -0.3 is 18.6 Å². The molecule has 0 aliphatic carbocycles. The van der Waals surface area contributed by atoms with Crippen molar-refractivity contribution in [1.82, 2.24) is 0 Å². The molecule has 0 bridgehead atoms. The van der Waals surface area contributed by atoms with Crippen molar-refractivity contribution < 1.29 is 18.6 Å². The standard InChI is InChI=1S/C38H52O4Si/c1-9-35(39-26-32-20-14-11-15-21-32)37(40-27-33-22-16-12-17-23-33)38(41-28-34-24-18-13-19-25-34)36(10-2)42-43(29(3)4,30(5)6)31(7)8/h9-25,29-31,35-38H,1-2,26-28H2,3-8H3/t35-,36+,37+,38+/m0/s1. The van der Waals surface area contributed by atoms with Crippen molar-refractivity contribution in [3.8, 4) is 0 Å². The fraction of sp³-hybridized carbons (Fsp3) is 0.421. The van der Waals surface area contributed by atoms with Gasteiger partial charge >= 0.3 is 0 Å². The van der Waals surface area contributed by atoms with E-state index >= 15 is 0 Å². The van der Waals surface area contributed by atoms with Gasteiger partial charge in [0.2, 0.25) is 8.32 Å². The molecule has 0 N–H and O–H groups in total. The summed E-state index contributed by atoms with van der Waals surface area (Å²) in [4.78, 5) is 0. The third kappa shape index (κ3) is 9.59. The van der Waals surface area contributed by atoms with E-state index in [2.05, 4.69) is 91.1 Å². The molecule has 0 amide bonds. The van der Waals surface area contributed by atoms with E-state index in [1.54, 1.807) is 0 Å². The zero-order chi connectivity index (χ0) is 31.2. The van der Waals surface area contributed by atoms with Crippen LogP contribution < -0.4 is 0 Å². The highest BCUT2D eigenvalue weighted by Gasteiger charge is 2.49. The Morgan fingerprint density at radius 3 is 1.16 bits per heavy atom. The topological polar surface area (TPSA) is 36.9 Å². The quantitative estimate of drug-likeness (QED) is 0.101. The monoisotopic (exact) mass is 600 g/mol. The van der Waals surface area contributed by atoms with E-state index in [4.69, 9.17) is 18.6 Å². The van der Waals surface area contributed by atoms with Gasteiger partial charge in [-0.15, -0.1) is 13.2 Å². The number of rotatable bonds is 19. The number of ether oxygens (including phenoxy) is 3. The highest BCUT2D eigenvalue weighted by atomic mass is 28.4. The lowest BCUT2D eigenvalue weighted by molar-refractivity contribution is -0.159. The minimum atomic E-state index is -2.31. The van der Waals surface area contributed by atoms with Gasteiger partial charge in [0.25, 0.3) is 0 Å². The van der Waals surface area contributed by atoms with Crippen molar-refractivity contribution in [1.29, 1.82) is 0 Å². The van der Waals surface area contributed by atoms with Gasteiger partial charge in [0, 0.05) is 0 Å². The first-order valence-electron chi connectivity index (χ1n) is 15.6. The molecule has 3 aromatic rings. The molecule has 0 heterocycles. The highest BCUT2D eigenvalue weighted by Crippen LogP contribution is 2.44. The Labute approximate surface area is 261 Å². The van der Waals surface area contributed by atoms with Crippen molar-refractivity contribution in [2.75, 3.05) is 0 Å². The molecule has 0 spiro atoms. The SMILES string of the molecule is C=C[C@H](OCc1ccccc1)[C@@H](OCc1ccccc1)[C@H](OCc1ccccc1)[C@@H](C=C)O[Si](C(C)C)(C(C)C)C(C)C. The first-order chi connectivity index (χ1) is 20.7. The summed E-state index contributed by atoms with van der Waals surface area (Å²) in [6.07, 6.45) is 1.86. The predicted molar refractivity (Wildman–Crippen MR) is 181 cm³/mol. The van der Waals surface area contributed by atoms with E-state index in [9.17, 15) is 0 Å². The molecule has 0 fully saturated rings. The molecular formula is C38H52O4Si. The van der Waals surface area contributed by atoms with Gasteiger partial charge in [-0.2, -0.15) is 0 Å². The van der Waals surface area contributed by atoms with E-state index in [1.807, 2.05) is 66.7 Å². The molecule has 0 radical (unpaired) electrons. The largest absolute Gasteiger partial charge is 0.407 e. The van der Waals surface area contributed by atoms with E-state index in [0.29, 0.717) is 36.4 Å². The number of benzene rings is 3. The zero-order valence-electron chi connectivity index (χ0n) is 27.0. The molecule has 3 rings (SSSR count). The first-order valence-corrected chi connectivity index (χ1v) is 17.8. The summed E-state index contributed by atoms with van der Waals surface area (Å²) in [5.74, 6) is 0. The Balaban J connectivity index is 2.04. The van der Waals surface area contributed by atoms with E-state index in [-0.39, 0.29) is 0 Å². The summed E-state index contributed by atoms with van der Waals surface area (Å²) in [6.45, 7) is 23.5. The van der Waals surface area contributed by atoms with Crippen LogP contribution in [0.15, 0.2) is 116 Å². The molecule has 0 aromatic heterocycles. The van der Waals surface area contributed by atoms with Crippen LogP contribution in [0, 0.1) is 0 Å². The molecule has 4 nitrogen and oxygen atoms in total. The van der Waals surface area contributed by atoms with Crippen molar-refractivity contribution in [3.05, 3.63) is 133 Å². The summed E-state index contributed by atoms with van der Waals surface area (Å²) < 4.78 is 27.5. The van der Waals surface area contributed by atoms with E-state index in [1.165, 1.54) is 0 Å². The highest BCUT2D eigenvalue weighted by molar-refractivity contribution is 6.77. The van der Waals surface area contributed by atoms with E-state index in [0.717, 1.165) is 16.7 Å². The molecule has 0 unspecified atom stereocenters. The van der Waals surface area contributed by atoms with Gasteiger partial charge in [0.05, 0.1) is 25.9 Å². The Kier molecular flexibility index (Phi) is 14.1. The molecule has 0 saturated carbocycles. The predicted octanol–water partition coefficient (Wildman–Crippen LogP) is 9.68. The van der Waals surface area contributed by atoms with Crippen LogP contribution in [0.4, 0.5) is 0 Å². The zero-order valence-corrected chi connectivity index (χ0v) is 28.0. The summed E-state index contributed by atoms with van der Waals surface area (Å²) in [6, 6.07) is 30.6. The minimum Gasteiger partial charge on any atom is -0.407 e. The lowest BCUT2D eigenvalue weighted by Crippen LogP contribution is -2.56. The van der Waals surface area contributed by atoms with Crippen molar-refractivity contribution in [2.45, 2.75) is 102 Å². The van der Waals surface area contributed by atoms with Gasteiger partial charge in [0.1, 0.15) is 18.3 Å². The van der Waals surface area contributed by atoms with Crippen LogP contribution in [-0.4, -0.2) is 32.7 Å². The number of hydrogen-bond donors (Lipinski definition) is 0. The van der Waals surface area contributed by atoms with Crippen molar-refractivity contribution in [2.24, 2.45) is 0 Å². The summed E-state index contributed by atoms with van der Waals surface area (Å²) in [5.41, 5.74) is 4.44. The van der Waals surface area contributed by atoms with Gasteiger partial charge in [-0.1, -0.05) is 145 Å². The molecule has 0 aliphatic heterocycles. The molecule has 0 saturated heterocycles. The Hall–Kier alpha value is -2.80. The van der Waals surface area contributed by atoms with Crippen LogP contribution in [-0.2, 0) is 38.5 Å². The second kappa shape index (κ2) is 17.5. The average molecular weight is 601 g/mol. The normalized spacial score (nSPS) is 14.9. The average Bonchev–Trinajstić information content (AvgIpc) is 3.01. The minimum absolute atomic E-state index is 0.401. The van der Waals surface area contributed by atoms with Crippen molar-refractivity contribution >= 4 is 8.32 Å². The summed E-state index contributed by atoms with van der Waals surface area (Å²) in [5, 5.41) is 0. The summed E-state index contributed by atoms with van der Waals surface area (Å²) in [7, 11) is -2.31. The summed E-state index contributed by atoms with van der Waals surface area (Å²) >= 11 is 0. The van der Waals surface area contributed by atoms with Crippen LogP contribution in [0.3, 0.4) is 0 Å². The first kappa shape index (κ1) is 34.7. The van der Waals surface area contributed by atoms with Gasteiger partial charge in [-0.3, -0.25) is 0 Å². The van der Waals surface area contributed by atoms with Crippen LogP contribution >= 0.6 is 0 Å². The molecule has 0 aliphatic rings. The van der Waals surface area contributed by atoms with Crippen LogP contribution in [0.1, 0.15) is 58.2 Å². The van der Waals surface area contributed by atoms with Crippen LogP contribution in [0.2, 0.25) is 16.6 Å². The maximum absolute atomic E-state index is 7.34. The second-order valence-corrected chi connectivity index (χ2v) is 17.6. The Morgan fingerprint density at radius 1 is 0.512 bits per heavy atom. The Morgan fingerprint density at radius 2 is 0.837 bits per heavy atom. The maximum Gasteiger partial charge on any atom is 0.201 e. The maximum atomic E-state index is 7.34.